The van der Waals surface area contributed by atoms with Crippen LogP contribution in [0.5, 0.6) is 0 Å². The minimum atomic E-state index is 0.451. The predicted octanol–water partition coefficient (Wildman–Crippen LogP) is 3.22. The first-order chi connectivity index (χ1) is 7.75. The fourth-order valence-corrected chi connectivity index (χ4v) is 2.24. The molecule has 1 aromatic rings. The number of hydrogen-bond donors (Lipinski definition) is 1. The molecule has 0 radical (unpaired) electrons. The van der Waals surface area contributed by atoms with E-state index in [0.717, 1.165) is 18.0 Å². The van der Waals surface area contributed by atoms with Crippen LogP contribution in [0.3, 0.4) is 0 Å². The largest absolute Gasteiger partial charge is 0.360 e. The van der Waals surface area contributed by atoms with Gasteiger partial charge in [-0.1, -0.05) is 38.3 Å². The van der Waals surface area contributed by atoms with E-state index < -0.39 is 0 Å². The third-order valence-corrected chi connectivity index (χ3v) is 3.34. The van der Waals surface area contributed by atoms with Gasteiger partial charge in [-0.25, -0.2) is 0 Å². The van der Waals surface area contributed by atoms with Crippen molar-refractivity contribution in [2.75, 3.05) is 0 Å². The molecule has 90 valence electrons. The Morgan fingerprint density at radius 1 is 1.38 bits per heavy atom. The van der Waals surface area contributed by atoms with Crippen LogP contribution in [0.15, 0.2) is 10.6 Å². The molecule has 16 heavy (non-hydrogen) atoms. The third kappa shape index (κ3) is 3.08. The highest BCUT2D eigenvalue weighted by molar-refractivity contribution is 5.08. The summed E-state index contributed by atoms with van der Waals surface area (Å²) in [7, 11) is 0. The summed E-state index contributed by atoms with van der Waals surface area (Å²) in [6.07, 6.45) is 6.75. The summed E-state index contributed by atoms with van der Waals surface area (Å²) >= 11 is 0. The lowest BCUT2D eigenvalue weighted by molar-refractivity contribution is 0.329. The van der Waals surface area contributed by atoms with Gasteiger partial charge in [0.05, 0.1) is 12.2 Å². The molecule has 1 N–H and O–H groups in total. The van der Waals surface area contributed by atoms with E-state index in [-0.39, 0.29) is 0 Å². The first-order valence-electron chi connectivity index (χ1n) is 6.44. The molecular formula is C13H22N2O. The van der Waals surface area contributed by atoms with E-state index in [1.807, 2.05) is 0 Å². The van der Waals surface area contributed by atoms with Crippen LogP contribution in [-0.4, -0.2) is 11.2 Å². The monoisotopic (exact) mass is 222 g/mol. The van der Waals surface area contributed by atoms with Crippen LogP contribution in [0, 0.1) is 0 Å². The van der Waals surface area contributed by atoms with Gasteiger partial charge in [0.25, 0.3) is 0 Å². The average Bonchev–Trinajstić information content (AvgIpc) is 2.76. The SMILES string of the molecule is CC(C)c1cc(CNC2CCCCC2)on1. The van der Waals surface area contributed by atoms with E-state index in [4.69, 9.17) is 4.52 Å². The van der Waals surface area contributed by atoms with Crippen LogP contribution < -0.4 is 5.32 Å². The van der Waals surface area contributed by atoms with E-state index in [1.54, 1.807) is 0 Å². The summed E-state index contributed by atoms with van der Waals surface area (Å²) in [5, 5.41) is 7.62. The quantitative estimate of drug-likeness (QED) is 0.850. The lowest BCUT2D eigenvalue weighted by Gasteiger charge is -2.22. The molecule has 0 atom stereocenters. The van der Waals surface area contributed by atoms with Gasteiger partial charge in [-0.15, -0.1) is 0 Å². The van der Waals surface area contributed by atoms with Crippen LogP contribution >= 0.6 is 0 Å². The molecule has 0 unspecified atom stereocenters. The van der Waals surface area contributed by atoms with Crippen molar-refractivity contribution in [3.05, 3.63) is 17.5 Å². The van der Waals surface area contributed by atoms with Crippen molar-refractivity contribution in [3.8, 4) is 0 Å². The minimum absolute atomic E-state index is 0.451. The summed E-state index contributed by atoms with van der Waals surface area (Å²) in [6, 6.07) is 2.75. The molecule has 1 aliphatic rings. The van der Waals surface area contributed by atoms with Gasteiger partial charge in [-0.3, -0.25) is 0 Å². The molecule has 1 heterocycles. The highest BCUT2D eigenvalue weighted by Gasteiger charge is 2.14. The van der Waals surface area contributed by atoms with Crippen LogP contribution in [0.4, 0.5) is 0 Å². The fraction of sp³-hybridized carbons (Fsp3) is 0.769. The van der Waals surface area contributed by atoms with Crippen molar-refractivity contribution >= 4 is 0 Å². The van der Waals surface area contributed by atoms with Gasteiger partial charge in [0, 0.05) is 12.1 Å². The summed E-state index contributed by atoms with van der Waals surface area (Å²) in [6.45, 7) is 5.09. The second-order valence-corrected chi connectivity index (χ2v) is 5.09. The molecule has 0 aromatic carbocycles. The molecule has 2 rings (SSSR count). The molecular weight excluding hydrogens is 200 g/mol. The van der Waals surface area contributed by atoms with Gasteiger partial charge in [-0.05, 0) is 18.8 Å². The molecule has 1 aromatic heterocycles. The Hall–Kier alpha value is -0.830. The number of hydrogen-bond acceptors (Lipinski definition) is 3. The van der Waals surface area contributed by atoms with Crippen molar-refractivity contribution in [1.82, 2.24) is 10.5 Å². The zero-order valence-corrected chi connectivity index (χ0v) is 10.3. The fourth-order valence-electron chi connectivity index (χ4n) is 2.24. The first kappa shape index (κ1) is 11.6. The maximum atomic E-state index is 5.30. The van der Waals surface area contributed by atoms with E-state index in [0.29, 0.717) is 12.0 Å². The zero-order valence-electron chi connectivity index (χ0n) is 10.3. The van der Waals surface area contributed by atoms with Gasteiger partial charge < -0.3 is 9.84 Å². The van der Waals surface area contributed by atoms with E-state index >= 15 is 0 Å². The van der Waals surface area contributed by atoms with Crippen molar-refractivity contribution in [1.29, 1.82) is 0 Å². The summed E-state index contributed by atoms with van der Waals surface area (Å²) in [5.41, 5.74) is 1.06. The van der Waals surface area contributed by atoms with Crippen LogP contribution in [0.2, 0.25) is 0 Å². The van der Waals surface area contributed by atoms with Crippen LogP contribution in [0.1, 0.15) is 63.3 Å². The Bertz CT molecular complexity index is 313. The number of rotatable bonds is 4. The molecule has 0 aliphatic heterocycles. The van der Waals surface area contributed by atoms with Crippen molar-refractivity contribution in [2.45, 2.75) is 64.5 Å². The maximum Gasteiger partial charge on any atom is 0.150 e. The Morgan fingerprint density at radius 3 is 2.75 bits per heavy atom. The third-order valence-electron chi connectivity index (χ3n) is 3.34. The van der Waals surface area contributed by atoms with Gasteiger partial charge in [0.1, 0.15) is 0 Å². The molecule has 0 amide bonds. The van der Waals surface area contributed by atoms with Gasteiger partial charge in [-0.2, -0.15) is 0 Å². The zero-order chi connectivity index (χ0) is 11.4. The lowest BCUT2D eigenvalue weighted by atomic mass is 9.95. The van der Waals surface area contributed by atoms with Gasteiger partial charge >= 0.3 is 0 Å². The molecule has 0 bridgehead atoms. The lowest BCUT2D eigenvalue weighted by Crippen LogP contribution is -2.30. The normalized spacial score (nSPS) is 18.2. The topological polar surface area (TPSA) is 38.1 Å². The number of aromatic nitrogens is 1. The standard InChI is InChI=1S/C13H22N2O/c1-10(2)13-8-12(16-15-13)9-14-11-6-4-3-5-7-11/h8,10-11,14H,3-7,9H2,1-2H3. The molecule has 3 heteroatoms. The van der Waals surface area contributed by atoms with E-state index in [2.05, 4.69) is 30.4 Å². The van der Waals surface area contributed by atoms with Crippen molar-refractivity contribution in [3.63, 3.8) is 0 Å². The van der Waals surface area contributed by atoms with Crippen molar-refractivity contribution in [2.24, 2.45) is 0 Å². The average molecular weight is 222 g/mol. The Labute approximate surface area is 97.6 Å². The number of nitrogens with zero attached hydrogens (tertiary/aromatic N) is 1. The Morgan fingerprint density at radius 2 is 2.12 bits per heavy atom. The highest BCUT2D eigenvalue weighted by atomic mass is 16.5. The number of nitrogens with one attached hydrogen (secondary N) is 1. The minimum Gasteiger partial charge on any atom is -0.360 e. The first-order valence-corrected chi connectivity index (χ1v) is 6.44. The highest BCUT2D eigenvalue weighted by Crippen LogP contribution is 2.18. The van der Waals surface area contributed by atoms with E-state index in [9.17, 15) is 0 Å². The van der Waals surface area contributed by atoms with E-state index in [1.165, 1.54) is 32.1 Å². The van der Waals surface area contributed by atoms with Gasteiger partial charge in [0.15, 0.2) is 5.76 Å². The summed E-state index contributed by atoms with van der Waals surface area (Å²) < 4.78 is 5.30. The summed E-state index contributed by atoms with van der Waals surface area (Å²) in [4.78, 5) is 0. The molecule has 0 spiro atoms. The predicted molar refractivity (Wildman–Crippen MR) is 64.3 cm³/mol. The maximum absolute atomic E-state index is 5.30. The second kappa shape index (κ2) is 5.48. The van der Waals surface area contributed by atoms with Crippen LogP contribution in [0.25, 0.3) is 0 Å². The molecule has 1 saturated carbocycles. The molecule has 3 nitrogen and oxygen atoms in total. The van der Waals surface area contributed by atoms with Gasteiger partial charge in [0.2, 0.25) is 0 Å². The Kier molecular flexibility index (Phi) is 3.99. The van der Waals surface area contributed by atoms with Crippen LogP contribution in [-0.2, 0) is 6.54 Å². The smallest absolute Gasteiger partial charge is 0.150 e. The Balaban J connectivity index is 1.79. The molecule has 0 saturated heterocycles. The second-order valence-electron chi connectivity index (χ2n) is 5.09. The molecule has 1 aliphatic carbocycles. The summed E-state index contributed by atoms with van der Waals surface area (Å²) in [5.74, 6) is 1.42. The molecule has 1 fully saturated rings. The van der Waals surface area contributed by atoms with Crippen molar-refractivity contribution < 1.29 is 4.52 Å².